The molecule has 0 fully saturated rings. The van der Waals surface area contributed by atoms with Crippen molar-refractivity contribution in [1.29, 1.82) is 0 Å². The lowest BCUT2D eigenvalue weighted by molar-refractivity contribution is -0.141. The second-order valence-corrected chi connectivity index (χ2v) is 5.49. The quantitative estimate of drug-likeness (QED) is 0.811. The van der Waals surface area contributed by atoms with Crippen LogP contribution in [0.15, 0.2) is 24.3 Å². The summed E-state index contributed by atoms with van der Waals surface area (Å²) in [5.41, 5.74) is 0.531. The zero-order chi connectivity index (χ0) is 15.1. The third-order valence-corrected chi connectivity index (χ3v) is 3.40. The number of hydrogen-bond donors (Lipinski definition) is 2. The molecule has 0 spiro atoms. The van der Waals surface area contributed by atoms with Crippen molar-refractivity contribution in [2.24, 2.45) is 5.92 Å². The largest absolute Gasteiger partial charge is 0.481 e. The summed E-state index contributed by atoms with van der Waals surface area (Å²) in [4.78, 5) is 22.6. The predicted molar refractivity (Wildman–Crippen MR) is 79.0 cm³/mol. The third-order valence-electron chi connectivity index (χ3n) is 3.16. The number of halogens is 1. The number of carbonyl (C=O) groups is 2. The molecule has 4 nitrogen and oxygen atoms in total. The molecule has 1 aromatic carbocycles. The second-order valence-electron chi connectivity index (χ2n) is 5.06. The molecular weight excluding hydrogens is 278 g/mol. The lowest BCUT2D eigenvalue weighted by Crippen LogP contribution is -2.32. The minimum Gasteiger partial charge on any atom is -0.481 e. The molecule has 0 heterocycles. The van der Waals surface area contributed by atoms with Gasteiger partial charge in [0.15, 0.2) is 0 Å². The standard InChI is InChI=1S/C15H20ClNO3/c1-10(15(19)20)5-3-6-11(2)17-14(18)12-7-4-8-13(16)9-12/h4,7-11H,3,5-6H2,1-2H3,(H,17,18)(H,19,20). The van der Waals surface area contributed by atoms with Gasteiger partial charge in [0, 0.05) is 16.6 Å². The van der Waals surface area contributed by atoms with Gasteiger partial charge < -0.3 is 10.4 Å². The Morgan fingerprint density at radius 1 is 1.30 bits per heavy atom. The Labute approximate surface area is 124 Å². The fourth-order valence-electron chi connectivity index (χ4n) is 1.86. The predicted octanol–water partition coefficient (Wildman–Crippen LogP) is 3.35. The van der Waals surface area contributed by atoms with Crippen LogP contribution in [0.25, 0.3) is 0 Å². The Kier molecular flexibility index (Phi) is 6.52. The minimum atomic E-state index is -0.777. The van der Waals surface area contributed by atoms with Crippen LogP contribution in [0.1, 0.15) is 43.5 Å². The molecule has 2 unspecified atom stereocenters. The number of benzene rings is 1. The number of carboxylic acid groups (broad SMARTS) is 1. The Morgan fingerprint density at radius 2 is 2.00 bits per heavy atom. The van der Waals surface area contributed by atoms with Crippen LogP contribution in [0, 0.1) is 5.92 Å². The van der Waals surface area contributed by atoms with Gasteiger partial charge in [0.1, 0.15) is 0 Å². The van der Waals surface area contributed by atoms with E-state index in [0.717, 1.165) is 12.8 Å². The molecule has 0 aliphatic carbocycles. The van der Waals surface area contributed by atoms with E-state index in [1.54, 1.807) is 31.2 Å². The molecule has 0 aliphatic rings. The Balaban J connectivity index is 2.37. The molecule has 0 aliphatic heterocycles. The lowest BCUT2D eigenvalue weighted by Gasteiger charge is -2.14. The normalized spacial score (nSPS) is 13.6. The van der Waals surface area contributed by atoms with Crippen LogP contribution in [-0.2, 0) is 4.79 Å². The average Bonchev–Trinajstić information content (AvgIpc) is 2.38. The zero-order valence-electron chi connectivity index (χ0n) is 11.7. The fraction of sp³-hybridized carbons (Fsp3) is 0.467. The first-order chi connectivity index (χ1) is 9.40. The van der Waals surface area contributed by atoms with Crippen molar-refractivity contribution in [2.45, 2.75) is 39.2 Å². The highest BCUT2D eigenvalue weighted by Gasteiger charge is 2.13. The Bertz CT molecular complexity index is 476. The van der Waals surface area contributed by atoms with Gasteiger partial charge >= 0.3 is 5.97 Å². The molecule has 0 saturated carbocycles. The maximum atomic E-state index is 11.9. The van der Waals surface area contributed by atoms with Gasteiger partial charge in [-0.05, 0) is 38.0 Å². The molecule has 2 N–H and O–H groups in total. The first-order valence-electron chi connectivity index (χ1n) is 6.69. The summed E-state index contributed by atoms with van der Waals surface area (Å²) in [5.74, 6) is -1.28. The number of amides is 1. The minimum absolute atomic E-state index is 0.00229. The van der Waals surface area contributed by atoms with E-state index in [0.29, 0.717) is 17.0 Å². The van der Waals surface area contributed by atoms with Crippen molar-refractivity contribution in [1.82, 2.24) is 5.32 Å². The van der Waals surface area contributed by atoms with Gasteiger partial charge in [-0.3, -0.25) is 9.59 Å². The topological polar surface area (TPSA) is 66.4 Å². The van der Waals surface area contributed by atoms with Crippen LogP contribution in [0.5, 0.6) is 0 Å². The van der Waals surface area contributed by atoms with Crippen LogP contribution in [0.4, 0.5) is 0 Å². The van der Waals surface area contributed by atoms with E-state index in [1.807, 2.05) is 6.92 Å². The van der Waals surface area contributed by atoms with E-state index in [1.165, 1.54) is 0 Å². The zero-order valence-corrected chi connectivity index (χ0v) is 12.5. The Hall–Kier alpha value is -1.55. The van der Waals surface area contributed by atoms with Gasteiger partial charge in [0.25, 0.3) is 5.91 Å². The van der Waals surface area contributed by atoms with Crippen molar-refractivity contribution < 1.29 is 14.7 Å². The molecular formula is C15H20ClNO3. The highest BCUT2D eigenvalue weighted by Crippen LogP contribution is 2.12. The summed E-state index contributed by atoms with van der Waals surface area (Å²) >= 11 is 5.84. The number of nitrogens with one attached hydrogen (secondary N) is 1. The van der Waals surface area contributed by atoms with Crippen LogP contribution < -0.4 is 5.32 Å². The molecule has 5 heteroatoms. The van der Waals surface area contributed by atoms with Crippen LogP contribution in [0.2, 0.25) is 5.02 Å². The maximum absolute atomic E-state index is 11.9. The summed E-state index contributed by atoms with van der Waals surface area (Å²) in [6.07, 6.45) is 2.14. The highest BCUT2D eigenvalue weighted by molar-refractivity contribution is 6.30. The van der Waals surface area contributed by atoms with Gasteiger partial charge in [-0.1, -0.05) is 31.0 Å². The number of carboxylic acids is 1. The molecule has 1 amide bonds. The molecule has 110 valence electrons. The summed E-state index contributed by atoms with van der Waals surface area (Å²) in [7, 11) is 0. The smallest absolute Gasteiger partial charge is 0.306 e. The van der Waals surface area contributed by atoms with E-state index in [9.17, 15) is 9.59 Å². The number of hydrogen-bond acceptors (Lipinski definition) is 2. The number of carbonyl (C=O) groups excluding carboxylic acids is 1. The number of aliphatic carboxylic acids is 1. The van der Waals surface area contributed by atoms with Gasteiger partial charge in [0.2, 0.25) is 0 Å². The third kappa shape index (κ3) is 5.61. The molecule has 0 saturated heterocycles. The van der Waals surface area contributed by atoms with Crippen LogP contribution in [-0.4, -0.2) is 23.0 Å². The molecule has 0 bridgehead atoms. The van der Waals surface area contributed by atoms with Crippen molar-refractivity contribution in [3.8, 4) is 0 Å². The summed E-state index contributed by atoms with van der Waals surface area (Å²) in [5, 5.41) is 12.2. The summed E-state index contributed by atoms with van der Waals surface area (Å²) in [6.45, 7) is 3.60. The van der Waals surface area contributed by atoms with Crippen LogP contribution >= 0.6 is 11.6 Å². The van der Waals surface area contributed by atoms with Crippen molar-refractivity contribution in [2.75, 3.05) is 0 Å². The molecule has 0 aromatic heterocycles. The van der Waals surface area contributed by atoms with E-state index >= 15 is 0 Å². The number of rotatable bonds is 7. The van der Waals surface area contributed by atoms with E-state index in [-0.39, 0.29) is 17.9 Å². The lowest BCUT2D eigenvalue weighted by atomic mass is 10.0. The first-order valence-corrected chi connectivity index (χ1v) is 7.07. The fourth-order valence-corrected chi connectivity index (χ4v) is 2.05. The van der Waals surface area contributed by atoms with E-state index < -0.39 is 5.97 Å². The molecule has 20 heavy (non-hydrogen) atoms. The van der Waals surface area contributed by atoms with Gasteiger partial charge in [-0.2, -0.15) is 0 Å². The van der Waals surface area contributed by atoms with Crippen molar-refractivity contribution in [3.63, 3.8) is 0 Å². The van der Waals surface area contributed by atoms with E-state index in [2.05, 4.69) is 5.32 Å². The average molecular weight is 298 g/mol. The van der Waals surface area contributed by atoms with E-state index in [4.69, 9.17) is 16.7 Å². The first kappa shape index (κ1) is 16.5. The van der Waals surface area contributed by atoms with Crippen molar-refractivity contribution >= 4 is 23.5 Å². The van der Waals surface area contributed by atoms with Crippen LogP contribution in [0.3, 0.4) is 0 Å². The molecule has 2 atom stereocenters. The second kappa shape index (κ2) is 7.90. The monoisotopic (exact) mass is 297 g/mol. The maximum Gasteiger partial charge on any atom is 0.306 e. The summed E-state index contributed by atoms with van der Waals surface area (Å²) < 4.78 is 0. The van der Waals surface area contributed by atoms with Crippen molar-refractivity contribution in [3.05, 3.63) is 34.9 Å². The SMILES string of the molecule is CC(CCCC(C)C(=O)O)NC(=O)c1cccc(Cl)c1. The Morgan fingerprint density at radius 3 is 2.60 bits per heavy atom. The van der Waals surface area contributed by atoms with Gasteiger partial charge in [-0.15, -0.1) is 0 Å². The van der Waals surface area contributed by atoms with Gasteiger partial charge in [0.05, 0.1) is 5.92 Å². The highest BCUT2D eigenvalue weighted by atomic mass is 35.5. The van der Waals surface area contributed by atoms with Gasteiger partial charge in [-0.25, -0.2) is 0 Å². The molecule has 1 rings (SSSR count). The molecule has 0 radical (unpaired) electrons. The molecule has 1 aromatic rings. The summed E-state index contributed by atoms with van der Waals surface area (Å²) in [6, 6.07) is 6.78.